The first-order valence-electron chi connectivity index (χ1n) is 3.80. The number of rotatable bonds is 2. The quantitative estimate of drug-likeness (QED) is 0.626. The Bertz CT molecular complexity index is 149. The summed E-state index contributed by atoms with van der Waals surface area (Å²) in [6.45, 7) is 3.00. The molecule has 0 radical (unpaired) electrons. The van der Waals surface area contributed by atoms with E-state index in [4.69, 9.17) is 9.84 Å². The van der Waals surface area contributed by atoms with Gasteiger partial charge in [0.25, 0.3) is 0 Å². The van der Waals surface area contributed by atoms with Crippen LogP contribution in [0.1, 0.15) is 13.3 Å². The number of cyclic esters (lactones) is 1. The highest BCUT2D eigenvalue weighted by molar-refractivity contribution is 5.68. The summed E-state index contributed by atoms with van der Waals surface area (Å²) in [6, 6.07) is -0.122. The van der Waals surface area contributed by atoms with E-state index in [2.05, 4.69) is 0 Å². The van der Waals surface area contributed by atoms with Crippen LogP contribution in [0, 0.1) is 0 Å². The Morgan fingerprint density at radius 3 is 3.09 bits per heavy atom. The third-order valence-electron chi connectivity index (χ3n) is 1.80. The van der Waals surface area contributed by atoms with Gasteiger partial charge in [0.15, 0.2) is 0 Å². The average Bonchev–Trinajstić information content (AvgIpc) is 2.04. The van der Waals surface area contributed by atoms with Gasteiger partial charge in [-0.15, -0.1) is 0 Å². The van der Waals surface area contributed by atoms with E-state index in [1.54, 1.807) is 11.8 Å². The summed E-state index contributed by atoms with van der Waals surface area (Å²) < 4.78 is 4.79. The van der Waals surface area contributed by atoms with Crippen molar-refractivity contribution >= 4 is 6.09 Å². The SMILES string of the molecule is CC(CO)N1CCCOC1=O. The van der Waals surface area contributed by atoms with E-state index in [1.807, 2.05) is 0 Å². The number of hydrogen-bond acceptors (Lipinski definition) is 3. The van der Waals surface area contributed by atoms with Gasteiger partial charge in [-0.25, -0.2) is 4.79 Å². The van der Waals surface area contributed by atoms with Crippen molar-refractivity contribution in [1.82, 2.24) is 4.90 Å². The van der Waals surface area contributed by atoms with Crippen LogP contribution >= 0.6 is 0 Å². The normalized spacial score (nSPS) is 21.3. The summed E-state index contributed by atoms with van der Waals surface area (Å²) in [6.07, 6.45) is 0.550. The third-order valence-corrected chi connectivity index (χ3v) is 1.80. The predicted molar refractivity (Wildman–Crippen MR) is 39.2 cm³/mol. The van der Waals surface area contributed by atoms with E-state index in [0.29, 0.717) is 13.2 Å². The first-order valence-corrected chi connectivity index (χ1v) is 3.80. The Kier molecular flexibility index (Phi) is 2.70. The fourth-order valence-corrected chi connectivity index (χ4v) is 1.07. The Hall–Kier alpha value is -0.770. The molecule has 1 atom stereocenters. The van der Waals surface area contributed by atoms with Gasteiger partial charge in [0.05, 0.1) is 19.3 Å². The van der Waals surface area contributed by atoms with Crippen LogP contribution in [-0.2, 0) is 4.74 Å². The molecule has 1 amide bonds. The molecular weight excluding hydrogens is 146 g/mol. The molecule has 0 aromatic carbocycles. The van der Waals surface area contributed by atoms with Crippen LogP contribution in [0.15, 0.2) is 0 Å². The number of carbonyl (C=O) groups excluding carboxylic acids is 1. The van der Waals surface area contributed by atoms with Crippen LogP contribution in [0.2, 0.25) is 0 Å². The molecule has 11 heavy (non-hydrogen) atoms. The zero-order valence-electron chi connectivity index (χ0n) is 6.62. The molecular formula is C7H13NO3. The molecule has 1 aliphatic heterocycles. The summed E-state index contributed by atoms with van der Waals surface area (Å²) in [4.78, 5) is 12.5. The second kappa shape index (κ2) is 3.57. The van der Waals surface area contributed by atoms with E-state index >= 15 is 0 Å². The number of aliphatic hydroxyl groups excluding tert-OH is 1. The van der Waals surface area contributed by atoms with E-state index < -0.39 is 0 Å². The average molecular weight is 159 g/mol. The van der Waals surface area contributed by atoms with Gasteiger partial charge in [-0.05, 0) is 13.3 Å². The highest BCUT2D eigenvalue weighted by atomic mass is 16.6. The van der Waals surface area contributed by atoms with Gasteiger partial charge in [-0.2, -0.15) is 0 Å². The lowest BCUT2D eigenvalue weighted by Gasteiger charge is -2.30. The lowest BCUT2D eigenvalue weighted by Crippen LogP contribution is -2.44. The van der Waals surface area contributed by atoms with Crippen LogP contribution in [-0.4, -0.2) is 41.9 Å². The van der Waals surface area contributed by atoms with Crippen molar-refractivity contribution in [2.24, 2.45) is 0 Å². The minimum atomic E-state index is -0.308. The Balaban J connectivity index is 2.47. The van der Waals surface area contributed by atoms with Crippen molar-refractivity contribution in [3.05, 3.63) is 0 Å². The van der Waals surface area contributed by atoms with Gasteiger partial charge in [0.2, 0.25) is 0 Å². The van der Waals surface area contributed by atoms with Crippen molar-refractivity contribution in [2.75, 3.05) is 19.8 Å². The standard InChI is InChI=1S/C7H13NO3/c1-6(5-9)8-3-2-4-11-7(8)10/h6,9H,2-5H2,1H3. The molecule has 1 saturated heterocycles. The molecule has 0 spiro atoms. The first kappa shape index (κ1) is 8.33. The molecule has 1 aliphatic rings. The van der Waals surface area contributed by atoms with Gasteiger partial charge in [-0.3, -0.25) is 0 Å². The summed E-state index contributed by atoms with van der Waals surface area (Å²) in [5, 5.41) is 8.76. The largest absolute Gasteiger partial charge is 0.449 e. The predicted octanol–water partition coefficient (Wildman–Crippen LogP) is 0.210. The number of nitrogens with zero attached hydrogens (tertiary/aromatic N) is 1. The zero-order chi connectivity index (χ0) is 8.27. The molecule has 0 aromatic rings. The second-order valence-corrected chi connectivity index (χ2v) is 2.69. The highest BCUT2D eigenvalue weighted by Gasteiger charge is 2.23. The van der Waals surface area contributed by atoms with Gasteiger partial charge in [-0.1, -0.05) is 0 Å². The first-order chi connectivity index (χ1) is 5.25. The maximum atomic E-state index is 11.0. The van der Waals surface area contributed by atoms with Crippen LogP contribution < -0.4 is 0 Å². The minimum Gasteiger partial charge on any atom is -0.449 e. The smallest absolute Gasteiger partial charge is 0.410 e. The van der Waals surface area contributed by atoms with E-state index in [9.17, 15) is 4.79 Å². The topological polar surface area (TPSA) is 49.8 Å². The van der Waals surface area contributed by atoms with Gasteiger partial charge < -0.3 is 14.7 Å². The molecule has 0 saturated carbocycles. The molecule has 64 valence electrons. The summed E-state index contributed by atoms with van der Waals surface area (Å²) in [5.41, 5.74) is 0. The van der Waals surface area contributed by atoms with Gasteiger partial charge in [0, 0.05) is 6.54 Å². The van der Waals surface area contributed by atoms with E-state index in [-0.39, 0.29) is 18.7 Å². The summed E-state index contributed by atoms with van der Waals surface area (Å²) >= 11 is 0. The Labute approximate surface area is 65.8 Å². The number of hydrogen-bond donors (Lipinski definition) is 1. The number of carbonyl (C=O) groups is 1. The van der Waals surface area contributed by atoms with Crippen LogP contribution in [0.3, 0.4) is 0 Å². The molecule has 1 heterocycles. The zero-order valence-corrected chi connectivity index (χ0v) is 6.62. The second-order valence-electron chi connectivity index (χ2n) is 2.69. The maximum Gasteiger partial charge on any atom is 0.410 e. The molecule has 0 aromatic heterocycles. The Morgan fingerprint density at radius 1 is 1.82 bits per heavy atom. The molecule has 1 rings (SSSR count). The minimum absolute atomic E-state index is 0.00486. The van der Waals surface area contributed by atoms with Crippen molar-refractivity contribution in [2.45, 2.75) is 19.4 Å². The van der Waals surface area contributed by atoms with Crippen molar-refractivity contribution in [3.63, 3.8) is 0 Å². The van der Waals surface area contributed by atoms with E-state index in [1.165, 1.54) is 0 Å². The lowest BCUT2D eigenvalue weighted by atomic mass is 10.3. The summed E-state index contributed by atoms with van der Waals surface area (Å²) in [5.74, 6) is 0. The van der Waals surface area contributed by atoms with Crippen molar-refractivity contribution in [3.8, 4) is 0 Å². The molecule has 1 N–H and O–H groups in total. The maximum absolute atomic E-state index is 11.0. The fraction of sp³-hybridized carbons (Fsp3) is 0.857. The lowest BCUT2D eigenvalue weighted by molar-refractivity contribution is 0.0450. The van der Waals surface area contributed by atoms with Crippen LogP contribution in [0.25, 0.3) is 0 Å². The number of aliphatic hydroxyl groups is 1. The van der Waals surface area contributed by atoms with E-state index in [0.717, 1.165) is 6.42 Å². The van der Waals surface area contributed by atoms with Crippen molar-refractivity contribution in [1.29, 1.82) is 0 Å². The highest BCUT2D eigenvalue weighted by Crippen LogP contribution is 2.08. The molecule has 1 unspecified atom stereocenters. The van der Waals surface area contributed by atoms with Crippen LogP contribution in [0.4, 0.5) is 4.79 Å². The van der Waals surface area contributed by atoms with Crippen molar-refractivity contribution < 1.29 is 14.6 Å². The molecule has 0 bridgehead atoms. The molecule has 0 aliphatic carbocycles. The molecule has 4 nitrogen and oxygen atoms in total. The molecule has 4 heteroatoms. The van der Waals surface area contributed by atoms with Crippen LogP contribution in [0.5, 0.6) is 0 Å². The number of amides is 1. The fourth-order valence-electron chi connectivity index (χ4n) is 1.07. The summed E-state index contributed by atoms with van der Waals surface area (Å²) in [7, 11) is 0. The Morgan fingerprint density at radius 2 is 2.55 bits per heavy atom. The third kappa shape index (κ3) is 1.83. The monoisotopic (exact) mass is 159 g/mol. The molecule has 1 fully saturated rings. The van der Waals surface area contributed by atoms with Gasteiger partial charge >= 0.3 is 6.09 Å². The number of ether oxygens (including phenoxy) is 1. The van der Waals surface area contributed by atoms with Gasteiger partial charge in [0.1, 0.15) is 0 Å².